The molecule has 0 radical (unpaired) electrons. The van der Waals surface area contributed by atoms with Crippen LogP contribution in [0.1, 0.15) is 50.6 Å². The molecule has 9 heteroatoms. The number of nitriles is 3. The Balaban J connectivity index is 0.00000247. The lowest BCUT2D eigenvalue weighted by Gasteiger charge is -2.23. The third-order valence-electron chi connectivity index (χ3n) is 6.01. The lowest BCUT2D eigenvalue weighted by molar-refractivity contribution is -0.149. The molecule has 1 N–H and O–H groups in total. The SMILES string of the molecule is CC.CCOC(Cc1ccc(OCCn2c(C)ccc2C2=CC=C(S(C#N)(C#N)C#N)CC2)cc1)C(=O)O. The molecular formula is C29H34N4O4S. The zero-order chi connectivity index (χ0) is 28.1. The molecule has 1 aromatic carbocycles. The van der Waals surface area contributed by atoms with Crippen LogP contribution < -0.4 is 4.74 Å². The molecule has 0 fully saturated rings. The quantitative estimate of drug-likeness (QED) is 0.337. The molecule has 1 heterocycles. The molecule has 1 aromatic heterocycles. The Morgan fingerprint density at radius 2 is 1.71 bits per heavy atom. The first-order chi connectivity index (χ1) is 18.4. The number of aryl methyl sites for hydroxylation is 1. The van der Waals surface area contributed by atoms with Crippen LogP contribution in [0.2, 0.25) is 0 Å². The molecule has 8 nitrogen and oxygen atoms in total. The van der Waals surface area contributed by atoms with Gasteiger partial charge in [-0.25, -0.2) is 4.79 Å². The summed E-state index contributed by atoms with van der Waals surface area (Å²) in [6.07, 6.45) is 4.25. The largest absolute Gasteiger partial charge is 0.492 e. The van der Waals surface area contributed by atoms with Crippen LogP contribution in [0.25, 0.3) is 5.57 Å². The van der Waals surface area contributed by atoms with Crippen molar-refractivity contribution in [3.8, 4) is 22.0 Å². The van der Waals surface area contributed by atoms with Crippen molar-refractivity contribution in [1.29, 1.82) is 15.8 Å². The Morgan fingerprint density at radius 1 is 1.05 bits per heavy atom. The van der Waals surface area contributed by atoms with E-state index in [0.717, 1.165) is 22.5 Å². The molecule has 1 atom stereocenters. The number of carboxylic acid groups (broad SMARTS) is 1. The van der Waals surface area contributed by atoms with Crippen molar-refractivity contribution in [3.63, 3.8) is 0 Å². The molecule has 0 saturated carbocycles. The third kappa shape index (κ3) is 7.29. The maximum Gasteiger partial charge on any atom is 0.333 e. The van der Waals surface area contributed by atoms with Crippen LogP contribution in [0, 0.1) is 38.9 Å². The zero-order valence-corrected chi connectivity index (χ0v) is 23.1. The van der Waals surface area contributed by atoms with E-state index < -0.39 is 22.1 Å². The third-order valence-corrected chi connectivity index (χ3v) is 7.96. The first kappa shape index (κ1) is 30.3. The summed E-state index contributed by atoms with van der Waals surface area (Å²) in [7, 11) is -2.71. The van der Waals surface area contributed by atoms with Gasteiger partial charge in [-0.15, -0.1) is 0 Å². The smallest absolute Gasteiger partial charge is 0.333 e. The monoisotopic (exact) mass is 534 g/mol. The van der Waals surface area contributed by atoms with Gasteiger partial charge >= 0.3 is 5.97 Å². The van der Waals surface area contributed by atoms with Gasteiger partial charge in [0.25, 0.3) is 0 Å². The number of ether oxygens (including phenoxy) is 2. The molecule has 0 amide bonds. The summed E-state index contributed by atoms with van der Waals surface area (Å²) in [5.41, 5.74) is 4.07. The van der Waals surface area contributed by atoms with E-state index >= 15 is 0 Å². The standard InChI is InChI=1S/C27H28N4O4S.C2H6/c1-3-34-26(27(32)33)16-21-5-9-23(10-6-21)35-15-14-31-20(2)4-13-25(31)22-7-11-24(12-8-22)36(17-28,18-29)19-30;1-2/h4-7,9-11,13,26H,3,8,12,14-16H2,1-2H3,(H,32,33);1-2H3. The molecule has 0 saturated heterocycles. The summed E-state index contributed by atoms with van der Waals surface area (Å²) in [6.45, 7) is 9.20. The van der Waals surface area contributed by atoms with E-state index in [1.54, 1.807) is 13.0 Å². The van der Waals surface area contributed by atoms with Gasteiger partial charge in [-0.3, -0.25) is 0 Å². The Bertz CT molecular complexity index is 1250. The summed E-state index contributed by atoms with van der Waals surface area (Å²) in [6, 6.07) is 11.4. The minimum absolute atomic E-state index is 0.292. The van der Waals surface area contributed by atoms with E-state index in [4.69, 9.17) is 9.47 Å². The maximum atomic E-state index is 11.3. The number of hydrogen-bond acceptors (Lipinski definition) is 6. The number of hydrogen-bond donors (Lipinski definition) is 1. The molecule has 38 heavy (non-hydrogen) atoms. The highest BCUT2D eigenvalue weighted by atomic mass is 32.3. The fourth-order valence-electron chi connectivity index (χ4n) is 4.08. The molecule has 3 rings (SSSR count). The Morgan fingerprint density at radius 3 is 2.24 bits per heavy atom. The van der Waals surface area contributed by atoms with Crippen molar-refractivity contribution in [2.75, 3.05) is 13.2 Å². The van der Waals surface area contributed by atoms with Crippen LogP contribution in [-0.4, -0.2) is 35.0 Å². The van der Waals surface area contributed by atoms with E-state index in [2.05, 4.69) is 4.57 Å². The molecule has 0 aliphatic heterocycles. The first-order valence-electron chi connectivity index (χ1n) is 12.6. The van der Waals surface area contributed by atoms with Gasteiger partial charge < -0.3 is 19.1 Å². The van der Waals surface area contributed by atoms with Gasteiger partial charge in [0, 0.05) is 29.3 Å². The Kier molecular flexibility index (Phi) is 11.7. The van der Waals surface area contributed by atoms with Crippen molar-refractivity contribution in [1.82, 2.24) is 4.57 Å². The van der Waals surface area contributed by atoms with E-state index in [1.165, 1.54) is 0 Å². The number of carbonyl (C=O) groups is 1. The summed E-state index contributed by atoms with van der Waals surface area (Å²) in [5.74, 6) is -0.280. The Hall–Kier alpha value is -3.97. The van der Waals surface area contributed by atoms with Gasteiger partial charge in [-0.2, -0.15) is 15.8 Å². The molecule has 2 aromatic rings. The van der Waals surface area contributed by atoms with Crippen molar-refractivity contribution >= 4 is 21.6 Å². The van der Waals surface area contributed by atoms with Crippen LogP contribution >= 0.6 is 10.0 Å². The number of thiocyanates is 3. The number of benzene rings is 1. The normalized spacial score (nSPS) is 13.8. The van der Waals surface area contributed by atoms with Crippen LogP contribution in [0.15, 0.2) is 53.5 Å². The fourth-order valence-corrected chi connectivity index (χ4v) is 5.23. The number of nitrogens with zero attached hydrogens (tertiary/aromatic N) is 4. The summed E-state index contributed by atoms with van der Waals surface area (Å²) in [4.78, 5) is 11.9. The molecule has 0 spiro atoms. The minimum Gasteiger partial charge on any atom is -0.492 e. The topological polar surface area (TPSA) is 132 Å². The highest BCUT2D eigenvalue weighted by molar-refractivity contribution is 8.47. The Labute approximate surface area is 226 Å². The molecule has 1 unspecified atom stereocenters. The zero-order valence-electron chi connectivity index (χ0n) is 22.3. The molecule has 0 bridgehead atoms. The summed E-state index contributed by atoms with van der Waals surface area (Å²) < 4.78 is 13.4. The fraction of sp³-hybridized carbons (Fsp3) is 0.379. The molecule has 200 valence electrons. The number of aliphatic carboxylic acids is 1. The summed E-state index contributed by atoms with van der Waals surface area (Å²) >= 11 is 0. The van der Waals surface area contributed by atoms with E-state index in [1.807, 2.05) is 79.4 Å². The number of aromatic nitrogens is 1. The molecule has 1 aliphatic carbocycles. The van der Waals surface area contributed by atoms with Crippen LogP contribution in [-0.2, 0) is 22.5 Å². The minimum atomic E-state index is -2.71. The number of allylic oxidation sites excluding steroid dienone is 4. The van der Waals surface area contributed by atoms with E-state index in [0.29, 0.717) is 49.7 Å². The number of rotatable bonds is 11. The van der Waals surface area contributed by atoms with Gasteiger partial charge in [-0.05, 0) is 62.1 Å². The second-order valence-corrected chi connectivity index (χ2v) is 10.5. The lowest BCUT2D eigenvalue weighted by atomic mass is 10.0. The van der Waals surface area contributed by atoms with Gasteiger partial charge in [0.2, 0.25) is 0 Å². The van der Waals surface area contributed by atoms with Crippen molar-refractivity contribution in [3.05, 3.63) is 70.4 Å². The van der Waals surface area contributed by atoms with Crippen LogP contribution in [0.5, 0.6) is 5.75 Å². The molecule has 1 aliphatic rings. The molecular weight excluding hydrogens is 500 g/mol. The van der Waals surface area contributed by atoms with Crippen molar-refractivity contribution in [2.24, 2.45) is 0 Å². The average Bonchev–Trinajstić information content (AvgIpc) is 3.32. The number of carboxylic acids is 1. The van der Waals surface area contributed by atoms with E-state index in [9.17, 15) is 25.7 Å². The highest BCUT2D eigenvalue weighted by Crippen LogP contribution is 2.55. The van der Waals surface area contributed by atoms with Crippen LogP contribution in [0.3, 0.4) is 0 Å². The predicted molar refractivity (Wildman–Crippen MR) is 149 cm³/mol. The lowest BCUT2D eigenvalue weighted by Crippen LogP contribution is -2.26. The van der Waals surface area contributed by atoms with E-state index in [-0.39, 0.29) is 0 Å². The van der Waals surface area contributed by atoms with Gasteiger partial charge in [0.1, 0.15) is 28.6 Å². The van der Waals surface area contributed by atoms with Gasteiger partial charge in [0.15, 0.2) is 6.10 Å². The van der Waals surface area contributed by atoms with Gasteiger partial charge in [0.05, 0.1) is 16.6 Å². The predicted octanol–water partition coefficient (Wildman–Crippen LogP) is 6.24. The second kappa shape index (κ2) is 14.7. The maximum absolute atomic E-state index is 11.3. The second-order valence-electron chi connectivity index (χ2n) is 8.20. The first-order valence-corrected chi connectivity index (χ1v) is 14.2. The summed E-state index contributed by atoms with van der Waals surface area (Å²) in [5, 5.41) is 43.2. The van der Waals surface area contributed by atoms with Gasteiger partial charge in [-0.1, -0.05) is 38.1 Å². The average molecular weight is 535 g/mol. The van der Waals surface area contributed by atoms with Crippen molar-refractivity contribution in [2.45, 2.75) is 59.6 Å². The highest BCUT2D eigenvalue weighted by Gasteiger charge is 2.30. The van der Waals surface area contributed by atoms with Crippen LogP contribution in [0.4, 0.5) is 0 Å². The van der Waals surface area contributed by atoms with Crippen molar-refractivity contribution < 1.29 is 19.4 Å².